The van der Waals surface area contributed by atoms with Gasteiger partial charge in [0.1, 0.15) is 18.1 Å². The molecule has 0 saturated carbocycles. The third kappa shape index (κ3) is 4.75. The van der Waals surface area contributed by atoms with Crippen LogP contribution in [0.4, 0.5) is 0 Å². The van der Waals surface area contributed by atoms with Crippen molar-refractivity contribution >= 4 is 22.9 Å². The van der Waals surface area contributed by atoms with E-state index in [-0.39, 0.29) is 5.97 Å². The predicted octanol–water partition coefficient (Wildman–Crippen LogP) is 5.18. The molecular weight excluding hydrogens is 382 g/mol. The predicted molar refractivity (Wildman–Crippen MR) is 116 cm³/mol. The molecule has 148 valence electrons. The van der Waals surface area contributed by atoms with Crippen LogP contribution in [0.5, 0.6) is 11.5 Å². The second kappa shape index (κ2) is 9.07. The zero-order valence-corrected chi connectivity index (χ0v) is 17.1. The molecule has 2 heterocycles. The second-order valence-electron chi connectivity index (χ2n) is 6.88. The van der Waals surface area contributed by atoms with Crippen LogP contribution in [0.25, 0.3) is 5.57 Å². The van der Waals surface area contributed by atoms with E-state index in [0.29, 0.717) is 12.4 Å². The van der Waals surface area contributed by atoms with Gasteiger partial charge in [-0.05, 0) is 53.7 Å². The van der Waals surface area contributed by atoms with E-state index < -0.39 is 0 Å². The second-order valence-corrected chi connectivity index (χ2v) is 7.80. The van der Waals surface area contributed by atoms with E-state index >= 15 is 0 Å². The lowest BCUT2D eigenvalue weighted by atomic mass is 10.0. The van der Waals surface area contributed by atoms with Crippen molar-refractivity contribution in [2.24, 2.45) is 0 Å². The Labute approximate surface area is 174 Å². The largest absolute Gasteiger partial charge is 0.488 e. The van der Waals surface area contributed by atoms with Crippen molar-refractivity contribution in [3.63, 3.8) is 0 Å². The Morgan fingerprint density at radius 1 is 1.21 bits per heavy atom. The fraction of sp³-hybridized carbons (Fsp3) is 0.208. The summed E-state index contributed by atoms with van der Waals surface area (Å²) >= 11 is 1.71. The molecule has 4 rings (SSSR count). The first-order valence-electron chi connectivity index (χ1n) is 9.68. The highest BCUT2D eigenvalue weighted by Crippen LogP contribution is 2.41. The molecule has 1 aliphatic heterocycles. The SMILES string of the molecule is CC(=O)Oc1ccc2c(c1)/C(=C/CCNCc1ccccc1)c1sccc1CO2. The molecular formula is C24H23NO3S. The summed E-state index contributed by atoms with van der Waals surface area (Å²) < 4.78 is 11.3. The van der Waals surface area contributed by atoms with E-state index in [1.54, 1.807) is 17.4 Å². The van der Waals surface area contributed by atoms with Gasteiger partial charge < -0.3 is 14.8 Å². The fourth-order valence-corrected chi connectivity index (χ4v) is 4.36. The van der Waals surface area contributed by atoms with E-state index in [1.807, 2.05) is 18.2 Å². The van der Waals surface area contributed by atoms with Crippen molar-refractivity contribution in [1.29, 1.82) is 0 Å². The van der Waals surface area contributed by atoms with Crippen molar-refractivity contribution in [1.82, 2.24) is 5.32 Å². The minimum atomic E-state index is -0.327. The van der Waals surface area contributed by atoms with Gasteiger partial charge in [0.2, 0.25) is 0 Å². The lowest BCUT2D eigenvalue weighted by Gasteiger charge is -2.12. The minimum absolute atomic E-state index is 0.327. The Morgan fingerprint density at radius 3 is 2.90 bits per heavy atom. The molecule has 4 nitrogen and oxygen atoms in total. The number of benzene rings is 2. The maximum atomic E-state index is 11.4. The molecule has 1 N–H and O–H groups in total. The number of rotatable bonds is 6. The lowest BCUT2D eigenvalue weighted by molar-refractivity contribution is -0.131. The highest BCUT2D eigenvalue weighted by Gasteiger charge is 2.21. The van der Waals surface area contributed by atoms with Crippen LogP contribution in [0.15, 0.2) is 66.1 Å². The van der Waals surface area contributed by atoms with E-state index in [1.165, 1.54) is 22.9 Å². The van der Waals surface area contributed by atoms with E-state index in [4.69, 9.17) is 9.47 Å². The Hall–Kier alpha value is -2.89. The lowest BCUT2D eigenvalue weighted by Crippen LogP contribution is -2.14. The van der Waals surface area contributed by atoms with Gasteiger partial charge in [-0.15, -0.1) is 11.3 Å². The molecule has 0 aliphatic carbocycles. The number of fused-ring (bicyclic) bond motifs is 2. The van der Waals surface area contributed by atoms with Gasteiger partial charge in [0.05, 0.1) is 0 Å². The summed E-state index contributed by atoms with van der Waals surface area (Å²) in [6.45, 7) is 3.68. The van der Waals surface area contributed by atoms with E-state index in [2.05, 4.69) is 47.1 Å². The van der Waals surface area contributed by atoms with Crippen molar-refractivity contribution in [2.45, 2.75) is 26.5 Å². The van der Waals surface area contributed by atoms with E-state index in [0.717, 1.165) is 36.4 Å². The summed E-state index contributed by atoms with van der Waals surface area (Å²) in [5.41, 5.74) is 4.56. The van der Waals surface area contributed by atoms with Crippen molar-refractivity contribution < 1.29 is 14.3 Å². The summed E-state index contributed by atoms with van der Waals surface area (Å²) in [5.74, 6) is 1.02. The molecule has 0 atom stereocenters. The molecule has 1 aromatic heterocycles. The maximum absolute atomic E-state index is 11.4. The molecule has 0 spiro atoms. The normalized spacial score (nSPS) is 13.9. The van der Waals surface area contributed by atoms with Gasteiger partial charge in [0.15, 0.2) is 0 Å². The van der Waals surface area contributed by atoms with Gasteiger partial charge in [-0.2, -0.15) is 0 Å². The maximum Gasteiger partial charge on any atom is 0.308 e. The molecule has 0 saturated heterocycles. The molecule has 0 fully saturated rings. The Kier molecular flexibility index (Phi) is 6.08. The molecule has 0 unspecified atom stereocenters. The number of ether oxygens (including phenoxy) is 2. The van der Waals surface area contributed by atoms with Crippen LogP contribution in [0.1, 0.15) is 34.9 Å². The zero-order chi connectivity index (χ0) is 20.1. The number of hydrogen-bond acceptors (Lipinski definition) is 5. The summed E-state index contributed by atoms with van der Waals surface area (Å²) in [5, 5.41) is 5.59. The first-order valence-corrected chi connectivity index (χ1v) is 10.6. The molecule has 2 aromatic carbocycles. The van der Waals surface area contributed by atoms with Crippen LogP contribution in [-0.2, 0) is 17.9 Å². The third-order valence-corrected chi connectivity index (χ3v) is 5.71. The smallest absolute Gasteiger partial charge is 0.308 e. The summed E-state index contributed by atoms with van der Waals surface area (Å²) in [4.78, 5) is 12.6. The average molecular weight is 406 g/mol. The Balaban J connectivity index is 1.55. The van der Waals surface area contributed by atoms with Crippen LogP contribution in [-0.4, -0.2) is 12.5 Å². The fourth-order valence-electron chi connectivity index (χ4n) is 3.39. The number of esters is 1. The van der Waals surface area contributed by atoms with Crippen LogP contribution in [0.2, 0.25) is 0 Å². The molecule has 5 heteroatoms. The molecule has 3 aromatic rings. The Bertz CT molecular complexity index is 1020. The van der Waals surface area contributed by atoms with Crippen molar-refractivity contribution in [3.05, 3.63) is 87.6 Å². The highest BCUT2D eigenvalue weighted by atomic mass is 32.1. The molecule has 29 heavy (non-hydrogen) atoms. The van der Waals surface area contributed by atoms with Gasteiger partial charge in [-0.1, -0.05) is 36.4 Å². The van der Waals surface area contributed by atoms with Gasteiger partial charge in [0, 0.05) is 29.5 Å². The van der Waals surface area contributed by atoms with Gasteiger partial charge in [-0.3, -0.25) is 4.79 Å². The molecule has 0 amide bonds. The first-order chi connectivity index (χ1) is 14.2. The van der Waals surface area contributed by atoms with Crippen molar-refractivity contribution in [2.75, 3.05) is 6.54 Å². The molecule has 0 radical (unpaired) electrons. The topological polar surface area (TPSA) is 47.6 Å². The summed E-state index contributed by atoms with van der Waals surface area (Å²) in [7, 11) is 0. The standard InChI is InChI=1S/C24H23NO3S/c1-17(26)28-20-9-10-23-22(14-20)21(24-19(16-27-23)11-13-29-24)8-5-12-25-15-18-6-3-2-4-7-18/h2-4,6-11,13-14,25H,5,12,15-16H2,1H3/b21-8-. The van der Waals surface area contributed by atoms with Gasteiger partial charge in [-0.25, -0.2) is 0 Å². The number of carbonyl (C=O) groups excluding carboxylic acids is 1. The van der Waals surface area contributed by atoms with Crippen LogP contribution < -0.4 is 14.8 Å². The van der Waals surface area contributed by atoms with Crippen molar-refractivity contribution in [3.8, 4) is 11.5 Å². The number of thiophene rings is 1. The zero-order valence-electron chi connectivity index (χ0n) is 16.3. The average Bonchev–Trinajstić information content (AvgIpc) is 3.13. The summed E-state index contributed by atoms with van der Waals surface area (Å²) in [6.07, 6.45) is 3.13. The minimum Gasteiger partial charge on any atom is -0.488 e. The molecule has 0 bridgehead atoms. The van der Waals surface area contributed by atoms with Crippen LogP contribution in [0, 0.1) is 0 Å². The summed E-state index contributed by atoms with van der Waals surface area (Å²) in [6, 6.07) is 18.1. The third-order valence-electron chi connectivity index (χ3n) is 4.72. The monoisotopic (exact) mass is 405 g/mol. The van der Waals surface area contributed by atoms with Gasteiger partial charge >= 0.3 is 5.97 Å². The van der Waals surface area contributed by atoms with Crippen LogP contribution in [0.3, 0.4) is 0 Å². The quantitative estimate of drug-likeness (QED) is 0.349. The molecule has 1 aliphatic rings. The first kappa shape index (κ1) is 19.4. The number of nitrogens with one attached hydrogen (secondary N) is 1. The van der Waals surface area contributed by atoms with Crippen LogP contribution >= 0.6 is 11.3 Å². The van der Waals surface area contributed by atoms with E-state index in [9.17, 15) is 4.79 Å². The highest BCUT2D eigenvalue weighted by molar-refractivity contribution is 7.11. The Morgan fingerprint density at radius 2 is 2.07 bits per heavy atom. The van der Waals surface area contributed by atoms with Gasteiger partial charge in [0.25, 0.3) is 0 Å². The number of hydrogen-bond donors (Lipinski definition) is 1. The number of carbonyl (C=O) groups is 1.